The summed E-state index contributed by atoms with van der Waals surface area (Å²) in [6, 6.07) is 14.1. The van der Waals surface area contributed by atoms with Gasteiger partial charge in [-0.25, -0.2) is 9.97 Å². The molecule has 0 fully saturated rings. The zero-order valence-corrected chi connectivity index (χ0v) is 17.8. The van der Waals surface area contributed by atoms with Gasteiger partial charge in [0.15, 0.2) is 0 Å². The number of carbonyl (C=O) groups is 1. The van der Waals surface area contributed by atoms with Crippen LogP contribution in [0.4, 0.5) is 30.5 Å². The summed E-state index contributed by atoms with van der Waals surface area (Å²) >= 11 is 0. The minimum Gasteiger partial charge on any atom is -0.398 e. The number of fused-ring (bicyclic) bond motifs is 1. The second-order valence-electron chi connectivity index (χ2n) is 7.50. The molecule has 9 heteroatoms. The highest BCUT2D eigenvalue weighted by molar-refractivity contribution is 6.05. The van der Waals surface area contributed by atoms with Gasteiger partial charge in [0.1, 0.15) is 0 Å². The Hall–Kier alpha value is -4.14. The maximum absolute atomic E-state index is 13.1. The molecule has 1 heterocycles. The smallest absolute Gasteiger partial charge is 0.398 e. The maximum atomic E-state index is 13.1. The van der Waals surface area contributed by atoms with Crippen LogP contribution in [0, 0.1) is 6.92 Å². The number of amides is 1. The van der Waals surface area contributed by atoms with Gasteiger partial charge in [-0.2, -0.15) is 13.2 Å². The van der Waals surface area contributed by atoms with Crippen LogP contribution in [-0.4, -0.2) is 22.9 Å². The lowest BCUT2D eigenvalue weighted by atomic mass is 9.97. The number of rotatable bonds is 4. The topological polar surface area (TPSA) is 92.9 Å². The fourth-order valence-corrected chi connectivity index (χ4v) is 3.48. The molecule has 0 aliphatic carbocycles. The summed E-state index contributed by atoms with van der Waals surface area (Å²) in [6.07, 6.45) is -2.90. The van der Waals surface area contributed by atoms with E-state index in [4.69, 9.17) is 5.73 Å². The molecule has 1 amide bonds. The summed E-state index contributed by atoms with van der Waals surface area (Å²) < 4.78 is 39.4. The number of anilines is 3. The summed E-state index contributed by atoms with van der Waals surface area (Å²) in [5, 5.41) is 6.25. The third-order valence-corrected chi connectivity index (χ3v) is 5.23. The Labute approximate surface area is 187 Å². The lowest BCUT2D eigenvalue weighted by Gasteiger charge is -2.13. The van der Waals surface area contributed by atoms with E-state index in [-0.39, 0.29) is 5.69 Å². The number of halogens is 3. The molecule has 4 N–H and O–H groups in total. The molecule has 0 spiro atoms. The van der Waals surface area contributed by atoms with Crippen molar-refractivity contribution in [3.8, 4) is 11.1 Å². The highest BCUT2D eigenvalue weighted by atomic mass is 19.4. The number of carbonyl (C=O) groups excluding carboxylic acids is 1. The molecule has 0 saturated heterocycles. The number of nitrogens with zero attached hydrogens (tertiary/aromatic N) is 2. The Balaban J connectivity index is 1.65. The van der Waals surface area contributed by atoms with Crippen LogP contribution in [0.25, 0.3) is 22.0 Å². The first kappa shape index (κ1) is 22.1. The molecule has 1 aromatic heterocycles. The molecule has 0 radical (unpaired) electrons. The van der Waals surface area contributed by atoms with Gasteiger partial charge < -0.3 is 16.4 Å². The van der Waals surface area contributed by atoms with Gasteiger partial charge in [0.25, 0.3) is 5.91 Å². The summed E-state index contributed by atoms with van der Waals surface area (Å²) in [6.45, 7) is 1.91. The van der Waals surface area contributed by atoms with E-state index < -0.39 is 23.3 Å². The standard InChI is InChI=1S/C24H20F3N5O/c1-13-3-4-15(22(33)31-17-6-7-20(28)19(11-17)24(25,26)27)10-18(13)14-5-8-21-16(9-14)12-30-23(29-2)32-21/h3-12H,28H2,1-2H3,(H,31,33)(H,29,30,32). The zero-order chi connectivity index (χ0) is 23.8. The Morgan fingerprint density at radius 3 is 2.55 bits per heavy atom. The molecular formula is C24H20F3N5O. The first-order chi connectivity index (χ1) is 15.7. The van der Waals surface area contributed by atoms with Crippen LogP contribution in [0.15, 0.2) is 60.8 Å². The van der Waals surface area contributed by atoms with Crippen molar-refractivity contribution in [2.24, 2.45) is 0 Å². The van der Waals surface area contributed by atoms with Crippen LogP contribution >= 0.6 is 0 Å². The average molecular weight is 451 g/mol. The Morgan fingerprint density at radius 1 is 1.03 bits per heavy atom. The molecule has 0 saturated carbocycles. The third-order valence-electron chi connectivity index (χ3n) is 5.23. The van der Waals surface area contributed by atoms with Crippen LogP contribution in [-0.2, 0) is 6.18 Å². The van der Waals surface area contributed by atoms with Gasteiger partial charge in [-0.3, -0.25) is 4.79 Å². The van der Waals surface area contributed by atoms with Crippen LogP contribution in [0.3, 0.4) is 0 Å². The number of nitrogens with one attached hydrogen (secondary N) is 2. The molecule has 0 unspecified atom stereocenters. The highest BCUT2D eigenvalue weighted by Gasteiger charge is 2.33. The summed E-state index contributed by atoms with van der Waals surface area (Å²) in [5.41, 5.74) is 7.73. The normalized spacial score (nSPS) is 11.4. The predicted molar refractivity (Wildman–Crippen MR) is 123 cm³/mol. The number of aromatic nitrogens is 2. The summed E-state index contributed by atoms with van der Waals surface area (Å²) in [4.78, 5) is 21.4. The Morgan fingerprint density at radius 2 is 1.82 bits per heavy atom. The maximum Gasteiger partial charge on any atom is 0.418 e. The molecule has 168 valence electrons. The second-order valence-corrected chi connectivity index (χ2v) is 7.50. The average Bonchev–Trinajstić information content (AvgIpc) is 2.79. The number of nitrogen functional groups attached to an aromatic ring is 1. The van der Waals surface area contributed by atoms with Crippen molar-refractivity contribution >= 4 is 34.1 Å². The number of aryl methyl sites for hydroxylation is 1. The van der Waals surface area contributed by atoms with Gasteiger partial charge in [0.2, 0.25) is 5.95 Å². The molecule has 6 nitrogen and oxygen atoms in total. The van der Waals surface area contributed by atoms with Crippen molar-refractivity contribution in [2.45, 2.75) is 13.1 Å². The van der Waals surface area contributed by atoms with Gasteiger partial charge >= 0.3 is 6.18 Å². The largest absolute Gasteiger partial charge is 0.418 e. The SMILES string of the molecule is CNc1ncc2cc(-c3cc(C(=O)Nc4ccc(N)c(C(F)(F)F)c4)ccc3C)ccc2n1. The van der Waals surface area contributed by atoms with Gasteiger partial charge in [0.05, 0.1) is 11.1 Å². The fraction of sp³-hybridized carbons (Fsp3) is 0.125. The van der Waals surface area contributed by atoms with Gasteiger partial charge in [-0.05, 0) is 66.1 Å². The Kier molecular flexibility index (Phi) is 5.63. The molecule has 0 atom stereocenters. The monoisotopic (exact) mass is 451 g/mol. The minimum absolute atomic E-state index is 0.00633. The van der Waals surface area contributed by atoms with E-state index in [0.29, 0.717) is 11.5 Å². The van der Waals surface area contributed by atoms with Crippen LogP contribution in [0.5, 0.6) is 0 Å². The van der Waals surface area contributed by atoms with E-state index in [1.165, 1.54) is 6.07 Å². The molecule has 0 bridgehead atoms. The number of hydrogen-bond donors (Lipinski definition) is 3. The van der Waals surface area contributed by atoms with E-state index in [0.717, 1.165) is 39.7 Å². The number of hydrogen-bond acceptors (Lipinski definition) is 5. The highest BCUT2D eigenvalue weighted by Crippen LogP contribution is 2.35. The van der Waals surface area contributed by atoms with Crippen molar-refractivity contribution in [3.05, 3.63) is 77.5 Å². The number of nitrogens with two attached hydrogens (primary N) is 1. The lowest BCUT2D eigenvalue weighted by Crippen LogP contribution is -2.14. The first-order valence-electron chi connectivity index (χ1n) is 9.99. The van der Waals surface area contributed by atoms with Crippen LogP contribution in [0.1, 0.15) is 21.5 Å². The number of alkyl halides is 3. The Bertz CT molecular complexity index is 1370. The number of benzene rings is 3. The lowest BCUT2D eigenvalue weighted by molar-refractivity contribution is -0.136. The molecule has 4 rings (SSSR count). The third kappa shape index (κ3) is 4.57. The molecule has 0 aliphatic rings. The predicted octanol–water partition coefficient (Wildman–Crippen LogP) is 5.50. The van der Waals surface area contributed by atoms with E-state index in [2.05, 4.69) is 20.6 Å². The van der Waals surface area contributed by atoms with Gasteiger partial charge in [-0.1, -0.05) is 12.1 Å². The van der Waals surface area contributed by atoms with E-state index in [1.54, 1.807) is 31.4 Å². The molecule has 0 aliphatic heterocycles. The van der Waals surface area contributed by atoms with E-state index >= 15 is 0 Å². The van der Waals surface area contributed by atoms with E-state index in [9.17, 15) is 18.0 Å². The van der Waals surface area contributed by atoms with Gasteiger partial charge in [0, 0.05) is 35.6 Å². The van der Waals surface area contributed by atoms with Crippen LogP contribution in [0.2, 0.25) is 0 Å². The van der Waals surface area contributed by atoms with Gasteiger partial charge in [-0.15, -0.1) is 0 Å². The first-order valence-corrected chi connectivity index (χ1v) is 9.99. The van der Waals surface area contributed by atoms with Crippen molar-refractivity contribution in [1.29, 1.82) is 0 Å². The van der Waals surface area contributed by atoms with Crippen molar-refractivity contribution < 1.29 is 18.0 Å². The van der Waals surface area contributed by atoms with Crippen molar-refractivity contribution in [2.75, 3.05) is 23.4 Å². The zero-order valence-electron chi connectivity index (χ0n) is 17.8. The van der Waals surface area contributed by atoms with Crippen LogP contribution < -0.4 is 16.4 Å². The molecule has 4 aromatic rings. The quantitative estimate of drug-likeness (QED) is 0.356. The second kappa shape index (κ2) is 8.42. The summed E-state index contributed by atoms with van der Waals surface area (Å²) in [5.74, 6) is -0.0154. The fourth-order valence-electron chi connectivity index (χ4n) is 3.48. The molecule has 33 heavy (non-hydrogen) atoms. The van der Waals surface area contributed by atoms with E-state index in [1.807, 2.05) is 25.1 Å². The minimum atomic E-state index is -4.62. The molecular weight excluding hydrogens is 431 g/mol. The molecule has 3 aromatic carbocycles. The van der Waals surface area contributed by atoms with Crippen molar-refractivity contribution in [3.63, 3.8) is 0 Å². The van der Waals surface area contributed by atoms with Crippen molar-refractivity contribution in [1.82, 2.24) is 9.97 Å². The summed E-state index contributed by atoms with van der Waals surface area (Å²) in [7, 11) is 1.74.